The molecule has 0 spiro atoms. The molecule has 1 aromatic heterocycles. The van der Waals surface area contributed by atoms with Crippen LogP contribution in [0.25, 0.3) is 0 Å². The second-order valence-electron chi connectivity index (χ2n) is 7.06. The number of carbonyl (C=O) groups excluding carboxylic acids is 2. The lowest BCUT2D eigenvalue weighted by atomic mass is 10.2. The summed E-state index contributed by atoms with van der Waals surface area (Å²) in [5, 5.41) is 0. The minimum atomic E-state index is -4.06. The van der Waals surface area contributed by atoms with Gasteiger partial charge in [0.25, 0.3) is 10.0 Å². The number of piperazine rings is 1. The fourth-order valence-electron chi connectivity index (χ4n) is 3.80. The fourth-order valence-corrected chi connectivity index (χ4v) is 5.42. The maximum Gasteiger partial charge on any atom is 0.267 e. The number of amides is 2. The number of rotatable bonds is 4. The van der Waals surface area contributed by atoms with Crippen molar-refractivity contribution in [1.82, 2.24) is 14.2 Å². The quantitative estimate of drug-likeness (QED) is 0.744. The molecule has 4 rings (SSSR count). The first kappa shape index (κ1) is 19.4. The van der Waals surface area contributed by atoms with Crippen LogP contribution in [0.1, 0.15) is 12.8 Å². The minimum absolute atomic E-state index is 0.0213. The molecule has 29 heavy (non-hydrogen) atoms. The maximum atomic E-state index is 13.1. The van der Waals surface area contributed by atoms with E-state index in [0.29, 0.717) is 26.2 Å². The molecular weight excluding hydrogens is 392 g/mol. The number of pyridine rings is 1. The van der Waals surface area contributed by atoms with Crippen LogP contribution in [-0.2, 0) is 19.6 Å². The number of aromatic nitrogens is 1. The van der Waals surface area contributed by atoms with Crippen LogP contribution in [-0.4, -0.2) is 66.6 Å². The minimum Gasteiger partial charge on any atom is -0.353 e. The monoisotopic (exact) mass is 414 g/mol. The van der Waals surface area contributed by atoms with Gasteiger partial charge in [-0.1, -0.05) is 24.3 Å². The summed E-state index contributed by atoms with van der Waals surface area (Å²) in [5.74, 6) is 0.0132. The number of hydrogen-bond acceptors (Lipinski definition) is 6. The Morgan fingerprint density at radius 2 is 1.66 bits per heavy atom. The highest BCUT2D eigenvalue weighted by atomic mass is 32.2. The predicted octanol–water partition coefficient (Wildman–Crippen LogP) is 1.11. The van der Waals surface area contributed by atoms with E-state index >= 15 is 0 Å². The lowest BCUT2D eigenvalue weighted by Gasteiger charge is -2.37. The Kier molecular flexibility index (Phi) is 5.23. The summed E-state index contributed by atoms with van der Waals surface area (Å²) < 4.78 is 26.8. The Labute approximate surface area is 169 Å². The molecule has 0 bridgehead atoms. The van der Waals surface area contributed by atoms with E-state index in [4.69, 9.17) is 0 Å². The summed E-state index contributed by atoms with van der Waals surface area (Å²) in [4.78, 5) is 33.6. The van der Waals surface area contributed by atoms with Gasteiger partial charge in [-0.2, -0.15) is 0 Å². The first-order valence-electron chi connectivity index (χ1n) is 9.55. The molecular formula is C20H22N4O4S. The van der Waals surface area contributed by atoms with Gasteiger partial charge in [0.1, 0.15) is 11.9 Å². The third-order valence-corrected chi connectivity index (χ3v) is 7.15. The van der Waals surface area contributed by atoms with Gasteiger partial charge in [-0.15, -0.1) is 0 Å². The molecule has 3 heterocycles. The number of benzene rings is 1. The van der Waals surface area contributed by atoms with Crippen molar-refractivity contribution in [3.8, 4) is 0 Å². The van der Waals surface area contributed by atoms with E-state index in [2.05, 4.69) is 9.88 Å². The van der Waals surface area contributed by atoms with Gasteiger partial charge in [0.05, 0.1) is 4.90 Å². The molecule has 2 saturated heterocycles. The molecule has 2 fully saturated rings. The number of carbonyl (C=O) groups is 2. The van der Waals surface area contributed by atoms with Gasteiger partial charge < -0.3 is 9.80 Å². The normalized spacial score (nSPS) is 20.2. The molecule has 2 aliphatic rings. The van der Waals surface area contributed by atoms with Crippen molar-refractivity contribution in [1.29, 1.82) is 0 Å². The van der Waals surface area contributed by atoms with Gasteiger partial charge in [0.15, 0.2) is 0 Å². The molecule has 0 aliphatic carbocycles. The molecule has 2 aliphatic heterocycles. The van der Waals surface area contributed by atoms with Gasteiger partial charge in [-0.3, -0.25) is 9.59 Å². The molecule has 0 unspecified atom stereocenters. The lowest BCUT2D eigenvalue weighted by Crippen LogP contribution is -2.55. The SMILES string of the molecule is O=C([C@H]1CCC(=O)N1S(=O)(=O)c1ccccc1)N1CCN(c2ccccn2)CC1. The first-order chi connectivity index (χ1) is 14.0. The van der Waals surface area contributed by atoms with E-state index in [1.54, 1.807) is 29.3 Å². The number of hydrogen-bond donors (Lipinski definition) is 0. The smallest absolute Gasteiger partial charge is 0.267 e. The van der Waals surface area contributed by atoms with Crippen LogP contribution in [0.2, 0.25) is 0 Å². The second kappa shape index (κ2) is 7.82. The van der Waals surface area contributed by atoms with Gasteiger partial charge >= 0.3 is 0 Å². The summed E-state index contributed by atoms with van der Waals surface area (Å²) in [5.41, 5.74) is 0. The molecule has 1 atom stereocenters. The van der Waals surface area contributed by atoms with E-state index in [1.165, 1.54) is 12.1 Å². The molecule has 2 aromatic rings. The Hall–Kier alpha value is -2.94. The largest absolute Gasteiger partial charge is 0.353 e. The number of sulfonamides is 1. The molecule has 0 N–H and O–H groups in total. The van der Waals surface area contributed by atoms with Crippen LogP contribution in [0.15, 0.2) is 59.6 Å². The summed E-state index contributed by atoms with van der Waals surface area (Å²) in [6.45, 7) is 2.13. The molecule has 8 nitrogen and oxygen atoms in total. The van der Waals surface area contributed by atoms with Crippen LogP contribution in [0.3, 0.4) is 0 Å². The maximum absolute atomic E-state index is 13.1. The highest BCUT2D eigenvalue weighted by Crippen LogP contribution is 2.28. The van der Waals surface area contributed by atoms with E-state index < -0.39 is 22.0 Å². The predicted molar refractivity (Wildman–Crippen MR) is 107 cm³/mol. The van der Waals surface area contributed by atoms with Gasteiger partial charge in [0.2, 0.25) is 11.8 Å². The topological polar surface area (TPSA) is 90.9 Å². The third-order valence-electron chi connectivity index (χ3n) is 5.31. The Morgan fingerprint density at radius 1 is 0.966 bits per heavy atom. The van der Waals surface area contributed by atoms with Crippen LogP contribution < -0.4 is 4.90 Å². The zero-order chi connectivity index (χ0) is 20.4. The first-order valence-corrected chi connectivity index (χ1v) is 11.0. The highest BCUT2D eigenvalue weighted by molar-refractivity contribution is 7.89. The van der Waals surface area contributed by atoms with Gasteiger partial charge in [0, 0.05) is 38.8 Å². The van der Waals surface area contributed by atoms with Crippen molar-refractivity contribution in [2.75, 3.05) is 31.1 Å². The van der Waals surface area contributed by atoms with Crippen molar-refractivity contribution < 1.29 is 18.0 Å². The fraction of sp³-hybridized carbons (Fsp3) is 0.350. The number of anilines is 1. The second-order valence-corrected chi connectivity index (χ2v) is 8.88. The molecule has 2 amide bonds. The van der Waals surface area contributed by atoms with Crippen molar-refractivity contribution >= 4 is 27.7 Å². The average Bonchev–Trinajstić information content (AvgIpc) is 3.17. The zero-order valence-corrected chi connectivity index (χ0v) is 16.7. The van der Waals surface area contributed by atoms with E-state index in [0.717, 1.165) is 10.1 Å². The van der Waals surface area contributed by atoms with Crippen molar-refractivity contribution in [3.05, 3.63) is 54.7 Å². The lowest BCUT2D eigenvalue weighted by molar-refractivity contribution is -0.138. The summed E-state index contributed by atoms with van der Waals surface area (Å²) in [6.07, 6.45) is 1.99. The highest BCUT2D eigenvalue weighted by Gasteiger charge is 2.45. The van der Waals surface area contributed by atoms with E-state index in [9.17, 15) is 18.0 Å². The third kappa shape index (κ3) is 3.69. The van der Waals surface area contributed by atoms with Crippen molar-refractivity contribution in [2.45, 2.75) is 23.8 Å². The zero-order valence-electron chi connectivity index (χ0n) is 15.8. The molecule has 9 heteroatoms. The molecule has 0 radical (unpaired) electrons. The molecule has 1 aromatic carbocycles. The molecule has 0 saturated carbocycles. The Bertz CT molecular complexity index is 990. The average molecular weight is 414 g/mol. The Balaban J connectivity index is 1.49. The summed E-state index contributed by atoms with van der Waals surface area (Å²) in [7, 11) is -4.06. The summed E-state index contributed by atoms with van der Waals surface area (Å²) >= 11 is 0. The Morgan fingerprint density at radius 3 is 2.31 bits per heavy atom. The van der Waals surface area contributed by atoms with Gasteiger partial charge in [-0.25, -0.2) is 17.7 Å². The van der Waals surface area contributed by atoms with Crippen LogP contribution >= 0.6 is 0 Å². The molecule has 152 valence electrons. The summed E-state index contributed by atoms with van der Waals surface area (Å²) in [6, 6.07) is 12.5. The van der Waals surface area contributed by atoms with E-state index in [1.807, 2.05) is 18.2 Å². The van der Waals surface area contributed by atoms with Crippen LogP contribution in [0.5, 0.6) is 0 Å². The number of nitrogens with zero attached hydrogens (tertiary/aromatic N) is 4. The van der Waals surface area contributed by atoms with Crippen LogP contribution in [0, 0.1) is 0 Å². The van der Waals surface area contributed by atoms with Crippen molar-refractivity contribution in [3.63, 3.8) is 0 Å². The van der Waals surface area contributed by atoms with E-state index in [-0.39, 0.29) is 23.6 Å². The van der Waals surface area contributed by atoms with Crippen LogP contribution in [0.4, 0.5) is 5.82 Å². The van der Waals surface area contributed by atoms with Gasteiger partial charge in [-0.05, 0) is 30.7 Å². The van der Waals surface area contributed by atoms with Crippen molar-refractivity contribution in [2.24, 2.45) is 0 Å². The standard InChI is InChI=1S/C20H22N4O4S/c25-19-10-9-17(24(19)29(27,28)16-6-2-1-3-7-16)20(26)23-14-12-22(13-15-23)18-8-4-5-11-21-18/h1-8,11,17H,9-10,12-15H2/t17-/m1/s1.